The first-order chi connectivity index (χ1) is 11.4. The molecule has 2 aromatic rings. The summed E-state index contributed by atoms with van der Waals surface area (Å²) < 4.78 is 14.2. The van der Waals surface area contributed by atoms with Crippen LogP contribution in [0.5, 0.6) is 0 Å². The smallest absolute Gasteiger partial charge is 0.550 e. The molecule has 1 aliphatic heterocycles. The van der Waals surface area contributed by atoms with Gasteiger partial charge in [0.05, 0.1) is 16.7 Å². The van der Waals surface area contributed by atoms with Gasteiger partial charge in [0, 0.05) is 23.6 Å². The second kappa shape index (κ2) is 8.86. The number of aliphatic carboxylic acids is 1. The molecule has 0 saturated carbocycles. The van der Waals surface area contributed by atoms with Gasteiger partial charge in [-0.25, -0.2) is 0 Å². The number of aromatic nitrogens is 2. The van der Waals surface area contributed by atoms with Crippen molar-refractivity contribution in [1.29, 1.82) is 0 Å². The van der Waals surface area contributed by atoms with Crippen molar-refractivity contribution >= 4 is 29.5 Å². The zero-order chi connectivity index (χ0) is 19.0. The van der Waals surface area contributed by atoms with E-state index in [1.165, 1.54) is 0 Å². The largest absolute Gasteiger partial charge is 1.00 e. The number of rotatable bonds is 2. The molecule has 136 valence electrons. The maximum absolute atomic E-state index is 8.89. The Morgan fingerprint density at radius 3 is 2.15 bits per heavy atom. The average Bonchev–Trinajstić information content (AvgIpc) is 2.96. The van der Waals surface area contributed by atoms with Crippen molar-refractivity contribution in [3.05, 3.63) is 24.4 Å². The molecule has 0 bridgehead atoms. The van der Waals surface area contributed by atoms with Crippen molar-refractivity contribution < 1.29 is 70.6 Å². The molecule has 1 aliphatic rings. The fourth-order valence-electron chi connectivity index (χ4n) is 2.45. The van der Waals surface area contributed by atoms with Crippen LogP contribution in [0.3, 0.4) is 0 Å². The van der Waals surface area contributed by atoms with Gasteiger partial charge in [0.25, 0.3) is 0 Å². The number of fused-ring (bicyclic) bond motifs is 1. The molecule has 8 heteroatoms. The van der Waals surface area contributed by atoms with Crippen LogP contribution in [0.4, 0.5) is 0 Å². The van der Waals surface area contributed by atoms with Crippen LogP contribution < -0.4 is 62.0 Å². The van der Waals surface area contributed by atoms with Crippen molar-refractivity contribution in [2.45, 2.75) is 65.7 Å². The molecular formula is C18H26BKN2O4. The molecule has 0 spiro atoms. The third kappa shape index (κ3) is 5.41. The van der Waals surface area contributed by atoms with Gasteiger partial charge < -0.3 is 19.2 Å². The molecule has 0 N–H and O–H groups in total. The van der Waals surface area contributed by atoms with Crippen molar-refractivity contribution in [1.82, 2.24) is 9.78 Å². The van der Waals surface area contributed by atoms with Crippen LogP contribution in [0.1, 0.15) is 54.5 Å². The van der Waals surface area contributed by atoms with Crippen LogP contribution in [0.2, 0.25) is 0 Å². The Kier molecular flexibility index (Phi) is 8.11. The summed E-state index contributed by atoms with van der Waals surface area (Å²) in [7, 11) is -0.318. The Bertz CT molecular complexity index is 754. The maximum Gasteiger partial charge on any atom is 1.00 e. The molecule has 0 atom stereocenters. The maximum atomic E-state index is 8.89. The number of nitrogens with zero attached hydrogens (tertiary/aromatic N) is 2. The summed E-state index contributed by atoms with van der Waals surface area (Å²) in [5, 5.41) is 14.6. The molecule has 0 amide bonds. The van der Waals surface area contributed by atoms with Gasteiger partial charge in [-0.1, -0.05) is 12.1 Å². The van der Waals surface area contributed by atoms with Crippen molar-refractivity contribution in [3.63, 3.8) is 0 Å². The summed E-state index contributed by atoms with van der Waals surface area (Å²) in [6.07, 6.45) is 2.08. The molecular weight excluding hydrogens is 358 g/mol. The van der Waals surface area contributed by atoms with E-state index in [-0.39, 0.29) is 69.7 Å². The van der Waals surface area contributed by atoms with Gasteiger partial charge in [0.2, 0.25) is 0 Å². The zero-order valence-corrected chi connectivity index (χ0v) is 20.1. The summed E-state index contributed by atoms with van der Waals surface area (Å²) in [6, 6.07) is 6.55. The first kappa shape index (κ1) is 23.8. The summed E-state index contributed by atoms with van der Waals surface area (Å²) in [4.78, 5) is 8.89. The van der Waals surface area contributed by atoms with E-state index < -0.39 is 5.97 Å². The molecule has 2 heterocycles. The Labute approximate surface area is 198 Å². The van der Waals surface area contributed by atoms with Gasteiger partial charge in [-0.2, -0.15) is 5.10 Å². The molecule has 0 unspecified atom stereocenters. The predicted molar refractivity (Wildman–Crippen MR) is 96.5 cm³/mol. The van der Waals surface area contributed by atoms with Gasteiger partial charge >= 0.3 is 58.5 Å². The Morgan fingerprint density at radius 1 is 1.19 bits per heavy atom. The van der Waals surface area contributed by atoms with Gasteiger partial charge in [0.1, 0.15) is 0 Å². The third-order valence-corrected chi connectivity index (χ3v) is 4.60. The first-order valence-electron chi connectivity index (χ1n) is 8.45. The first-order valence-corrected chi connectivity index (χ1v) is 8.45. The molecule has 1 aromatic heterocycles. The molecule has 0 aliphatic carbocycles. The van der Waals surface area contributed by atoms with Gasteiger partial charge in [-0.05, 0) is 60.0 Å². The second-order valence-electron chi connectivity index (χ2n) is 7.60. The second-order valence-corrected chi connectivity index (χ2v) is 7.60. The molecule has 6 nitrogen and oxygen atoms in total. The molecule has 1 saturated heterocycles. The number of carbonyl (C=O) groups is 1. The Hall–Kier alpha value is -0.219. The van der Waals surface area contributed by atoms with E-state index in [1.54, 1.807) is 0 Å². The van der Waals surface area contributed by atoms with E-state index in [2.05, 4.69) is 58.9 Å². The molecule has 3 rings (SSSR count). The van der Waals surface area contributed by atoms with E-state index >= 15 is 0 Å². The number of hydrogen-bond donors (Lipinski definition) is 0. The molecule has 1 fully saturated rings. The monoisotopic (exact) mass is 384 g/mol. The van der Waals surface area contributed by atoms with Crippen LogP contribution >= 0.6 is 0 Å². The minimum atomic E-state index is -1.08. The van der Waals surface area contributed by atoms with Gasteiger partial charge in [-0.15, -0.1) is 0 Å². The normalized spacial score (nSPS) is 17.6. The van der Waals surface area contributed by atoms with Crippen LogP contribution in [-0.2, 0) is 14.1 Å². The summed E-state index contributed by atoms with van der Waals surface area (Å²) in [5.41, 5.74) is 1.43. The number of hydrogen-bond acceptors (Lipinski definition) is 5. The fourth-order valence-corrected chi connectivity index (χ4v) is 2.45. The van der Waals surface area contributed by atoms with E-state index in [9.17, 15) is 0 Å². The van der Waals surface area contributed by atoms with E-state index in [0.717, 1.165) is 23.3 Å². The van der Waals surface area contributed by atoms with Crippen LogP contribution in [0, 0.1) is 0 Å². The standard InChI is InChI=1S/C16H23BN2O2.C2H4O2.K/c1-11(2)19-10-12-9-13(7-8-14(12)18-19)17-20-15(3,4)16(5,6)21-17;1-2(3)4;/h7-11H,1-6H3;1H3,(H,3,4);/q;;+1/p-1. The van der Waals surface area contributed by atoms with Crippen LogP contribution in [0.25, 0.3) is 10.9 Å². The van der Waals surface area contributed by atoms with E-state index in [4.69, 9.17) is 19.2 Å². The summed E-state index contributed by atoms with van der Waals surface area (Å²) in [5.74, 6) is -1.08. The minimum absolute atomic E-state index is 0. The molecule has 26 heavy (non-hydrogen) atoms. The predicted octanol–water partition coefficient (Wildman–Crippen LogP) is -1.32. The van der Waals surface area contributed by atoms with Crippen LogP contribution in [0.15, 0.2) is 24.4 Å². The SMILES string of the molecule is CC(=O)[O-].CC(C)n1cc2cc(B3OC(C)(C)C(C)(C)O3)ccc2n1.[K+]. The van der Waals surface area contributed by atoms with Crippen LogP contribution in [-0.4, -0.2) is 34.1 Å². The third-order valence-electron chi connectivity index (χ3n) is 4.60. The number of benzene rings is 1. The van der Waals surface area contributed by atoms with E-state index in [1.807, 2.05) is 16.8 Å². The number of carboxylic acids is 1. The molecule has 0 radical (unpaired) electrons. The average molecular weight is 384 g/mol. The van der Waals surface area contributed by atoms with Gasteiger partial charge in [-0.3, -0.25) is 4.68 Å². The fraction of sp³-hybridized carbons (Fsp3) is 0.556. The summed E-state index contributed by atoms with van der Waals surface area (Å²) in [6.45, 7) is 13.5. The molecule has 1 aromatic carbocycles. The van der Waals surface area contributed by atoms with Crippen molar-refractivity contribution in [3.8, 4) is 0 Å². The zero-order valence-electron chi connectivity index (χ0n) is 17.0. The number of carbonyl (C=O) groups excluding carboxylic acids is 1. The Balaban J connectivity index is 0.000000616. The summed E-state index contributed by atoms with van der Waals surface area (Å²) >= 11 is 0. The minimum Gasteiger partial charge on any atom is -0.550 e. The topological polar surface area (TPSA) is 76.4 Å². The Morgan fingerprint density at radius 2 is 1.69 bits per heavy atom. The van der Waals surface area contributed by atoms with E-state index in [0.29, 0.717) is 6.04 Å². The van der Waals surface area contributed by atoms with Crippen molar-refractivity contribution in [2.24, 2.45) is 0 Å². The quantitative estimate of drug-likeness (QED) is 0.601. The van der Waals surface area contributed by atoms with Crippen molar-refractivity contribution in [2.75, 3.05) is 0 Å². The van der Waals surface area contributed by atoms with Gasteiger partial charge in [0.15, 0.2) is 0 Å². The number of carboxylic acid groups (broad SMARTS) is 1.